The lowest BCUT2D eigenvalue weighted by Crippen LogP contribution is -2.40. The van der Waals surface area contributed by atoms with Crippen LogP contribution < -0.4 is 5.32 Å². The van der Waals surface area contributed by atoms with Gasteiger partial charge in [-0.3, -0.25) is 14.6 Å². The monoisotopic (exact) mass is 425 g/mol. The molecule has 1 N–H and O–H groups in total. The van der Waals surface area contributed by atoms with Gasteiger partial charge in [-0.15, -0.1) is 0 Å². The maximum Gasteiger partial charge on any atom is 0.246 e. The second-order valence-corrected chi connectivity index (χ2v) is 8.34. The van der Waals surface area contributed by atoms with Gasteiger partial charge < -0.3 is 10.2 Å². The molecule has 2 fully saturated rings. The van der Waals surface area contributed by atoms with Crippen LogP contribution >= 0.6 is 0 Å². The molecule has 1 unspecified atom stereocenters. The van der Waals surface area contributed by atoms with E-state index in [1.54, 1.807) is 11.1 Å². The van der Waals surface area contributed by atoms with Crippen LogP contribution in [0.5, 0.6) is 0 Å². The van der Waals surface area contributed by atoms with Gasteiger partial charge in [0.2, 0.25) is 11.8 Å². The van der Waals surface area contributed by atoms with Gasteiger partial charge in [0.15, 0.2) is 0 Å². The molecule has 1 aromatic heterocycles. The van der Waals surface area contributed by atoms with Gasteiger partial charge in [0.05, 0.1) is 0 Å². The molecule has 31 heavy (non-hydrogen) atoms. The number of carbonyl (C=O) groups is 2. The van der Waals surface area contributed by atoms with Crippen molar-refractivity contribution in [2.45, 2.75) is 25.7 Å². The van der Waals surface area contributed by atoms with Crippen LogP contribution in [0.4, 0.5) is 8.78 Å². The summed E-state index contributed by atoms with van der Waals surface area (Å²) in [6, 6.07) is 8.89. The zero-order chi connectivity index (χ0) is 21.8. The van der Waals surface area contributed by atoms with E-state index in [4.69, 9.17) is 0 Å². The van der Waals surface area contributed by atoms with E-state index in [0.717, 1.165) is 31.0 Å². The van der Waals surface area contributed by atoms with Crippen LogP contribution in [0.25, 0.3) is 6.08 Å². The van der Waals surface area contributed by atoms with Crippen LogP contribution in [0, 0.1) is 23.0 Å². The Balaban J connectivity index is 1.22. The van der Waals surface area contributed by atoms with E-state index in [1.165, 1.54) is 24.3 Å². The molecule has 162 valence electrons. The van der Waals surface area contributed by atoms with E-state index in [1.807, 2.05) is 18.2 Å². The van der Waals surface area contributed by atoms with Crippen molar-refractivity contribution in [2.75, 3.05) is 19.6 Å². The van der Waals surface area contributed by atoms with Crippen molar-refractivity contribution >= 4 is 17.9 Å². The molecule has 0 bridgehead atoms. The molecular formula is C24H25F2N3O2. The Morgan fingerprint density at radius 1 is 1.16 bits per heavy atom. The van der Waals surface area contributed by atoms with Crippen molar-refractivity contribution in [3.05, 3.63) is 71.6 Å². The molecule has 1 spiro atoms. The van der Waals surface area contributed by atoms with Gasteiger partial charge in [-0.25, -0.2) is 8.78 Å². The molecule has 2 aromatic rings. The Labute approximate surface area is 180 Å². The maximum absolute atomic E-state index is 13.3. The van der Waals surface area contributed by atoms with Crippen LogP contribution in [0.1, 0.15) is 30.5 Å². The quantitative estimate of drug-likeness (QED) is 0.722. The summed E-state index contributed by atoms with van der Waals surface area (Å²) in [4.78, 5) is 30.9. The largest absolute Gasteiger partial charge is 0.355 e. The summed E-state index contributed by atoms with van der Waals surface area (Å²) in [5, 5.41) is 3.01. The van der Waals surface area contributed by atoms with Crippen molar-refractivity contribution in [3.8, 4) is 0 Å². The third kappa shape index (κ3) is 5.16. The van der Waals surface area contributed by atoms with Gasteiger partial charge in [-0.1, -0.05) is 6.07 Å². The highest BCUT2D eigenvalue weighted by Crippen LogP contribution is 2.59. The lowest BCUT2D eigenvalue weighted by Gasteiger charge is -2.32. The predicted octanol–water partition coefficient (Wildman–Crippen LogP) is 3.36. The Hall–Kier alpha value is -3.09. The zero-order valence-electron chi connectivity index (χ0n) is 17.2. The molecule has 1 aromatic carbocycles. The van der Waals surface area contributed by atoms with Crippen molar-refractivity contribution < 1.29 is 18.4 Å². The zero-order valence-corrected chi connectivity index (χ0v) is 17.2. The summed E-state index contributed by atoms with van der Waals surface area (Å²) in [5.41, 5.74) is 1.26. The Morgan fingerprint density at radius 3 is 2.58 bits per heavy atom. The SMILES string of the molecule is O=C(NCCc1ccccn1)C1CC12CCN(C(=O)C=Cc1cc(F)cc(F)c1)CC2. The third-order valence-electron chi connectivity index (χ3n) is 6.29. The van der Waals surface area contributed by atoms with Gasteiger partial charge in [0.25, 0.3) is 0 Å². The highest BCUT2D eigenvalue weighted by molar-refractivity contribution is 5.92. The number of pyridine rings is 1. The number of aromatic nitrogens is 1. The van der Waals surface area contributed by atoms with Crippen LogP contribution in [-0.4, -0.2) is 41.3 Å². The van der Waals surface area contributed by atoms with Gasteiger partial charge >= 0.3 is 0 Å². The van der Waals surface area contributed by atoms with E-state index < -0.39 is 11.6 Å². The summed E-state index contributed by atoms with van der Waals surface area (Å²) < 4.78 is 26.5. The number of piperidine rings is 1. The van der Waals surface area contributed by atoms with Crippen molar-refractivity contribution in [1.82, 2.24) is 15.2 Å². The molecule has 5 nitrogen and oxygen atoms in total. The van der Waals surface area contributed by atoms with E-state index in [0.29, 0.717) is 31.6 Å². The maximum atomic E-state index is 13.3. The number of amides is 2. The van der Waals surface area contributed by atoms with Gasteiger partial charge in [-0.05, 0) is 60.6 Å². The number of hydrogen-bond donors (Lipinski definition) is 1. The fourth-order valence-corrected chi connectivity index (χ4v) is 4.37. The smallest absolute Gasteiger partial charge is 0.246 e. The summed E-state index contributed by atoms with van der Waals surface area (Å²) in [6.45, 7) is 1.73. The molecule has 1 saturated carbocycles. The fraction of sp³-hybridized carbons (Fsp3) is 0.375. The lowest BCUT2D eigenvalue weighted by molar-refractivity contribution is -0.127. The number of likely N-dealkylation sites (tertiary alicyclic amines) is 1. The topological polar surface area (TPSA) is 62.3 Å². The number of nitrogens with one attached hydrogen (secondary N) is 1. The first-order valence-electron chi connectivity index (χ1n) is 10.6. The van der Waals surface area contributed by atoms with E-state index in [9.17, 15) is 18.4 Å². The summed E-state index contributed by atoms with van der Waals surface area (Å²) >= 11 is 0. The molecule has 2 aliphatic rings. The van der Waals surface area contributed by atoms with E-state index in [-0.39, 0.29) is 23.1 Å². The highest BCUT2D eigenvalue weighted by Gasteiger charge is 2.58. The Morgan fingerprint density at radius 2 is 1.90 bits per heavy atom. The first kappa shape index (κ1) is 21.2. The number of hydrogen-bond acceptors (Lipinski definition) is 3. The first-order valence-corrected chi connectivity index (χ1v) is 10.6. The third-order valence-corrected chi connectivity index (χ3v) is 6.29. The second kappa shape index (κ2) is 8.96. The predicted molar refractivity (Wildman–Crippen MR) is 113 cm³/mol. The number of nitrogens with zero attached hydrogens (tertiary/aromatic N) is 2. The summed E-state index contributed by atoms with van der Waals surface area (Å²) in [7, 11) is 0. The average Bonchev–Trinajstić information content (AvgIpc) is 3.46. The number of benzene rings is 1. The number of carbonyl (C=O) groups excluding carboxylic acids is 2. The molecule has 2 heterocycles. The minimum Gasteiger partial charge on any atom is -0.355 e. The Kier molecular flexibility index (Phi) is 6.11. The van der Waals surface area contributed by atoms with Gasteiger partial charge in [-0.2, -0.15) is 0 Å². The minimum atomic E-state index is -0.676. The molecule has 1 aliphatic carbocycles. The molecular weight excluding hydrogens is 400 g/mol. The number of rotatable bonds is 6. The first-order chi connectivity index (χ1) is 14.9. The number of halogens is 2. The average molecular weight is 425 g/mol. The van der Waals surface area contributed by atoms with Crippen molar-refractivity contribution in [3.63, 3.8) is 0 Å². The lowest BCUT2D eigenvalue weighted by atomic mass is 9.90. The van der Waals surface area contributed by atoms with Gasteiger partial charge in [0, 0.05) is 56.0 Å². The van der Waals surface area contributed by atoms with Crippen LogP contribution in [0.15, 0.2) is 48.7 Å². The summed E-state index contributed by atoms with van der Waals surface area (Å²) in [6.07, 6.45) is 7.67. The molecule has 1 aliphatic heterocycles. The molecule has 4 rings (SSSR count). The van der Waals surface area contributed by atoms with E-state index in [2.05, 4.69) is 10.3 Å². The molecule has 7 heteroatoms. The van der Waals surface area contributed by atoms with E-state index >= 15 is 0 Å². The molecule has 2 amide bonds. The standard InChI is InChI=1S/C24H25F2N3O2/c25-18-13-17(14-19(26)15-18)4-5-22(30)29-11-7-24(8-12-29)16-21(24)23(31)28-10-6-20-3-1-2-9-27-20/h1-5,9,13-15,21H,6-8,10-12,16H2,(H,28,31). The molecule has 0 radical (unpaired) electrons. The summed E-state index contributed by atoms with van der Waals surface area (Å²) in [5.74, 6) is -1.44. The van der Waals surface area contributed by atoms with Crippen molar-refractivity contribution in [2.24, 2.45) is 11.3 Å². The van der Waals surface area contributed by atoms with Gasteiger partial charge in [0.1, 0.15) is 11.6 Å². The normalized spacial score (nSPS) is 19.5. The molecule has 1 atom stereocenters. The van der Waals surface area contributed by atoms with Crippen LogP contribution in [0.3, 0.4) is 0 Å². The Bertz CT molecular complexity index is 965. The second-order valence-electron chi connectivity index (χ2n) is 8.34. The highest BCUT2D eigenvalue weighted by atomic mass is 19.1. The molecule has 1 saturated heterocycles. The van der Waals surface area contributed by atoms with Crippen LogP contribution in [-0.2, 0) is 16.0 Å². The van der Waals surface area contributed by atoms with Crippen molar-refractivity contribution in [1.29, 1.82) is 0 Å². The minimum absolute atomic E-state index is 0.00125. The fourth-order valence-electron chi connectivity index (χ4n) is 4.37. The van der Waals surface area contributed by atoms with Crippen LogP contribution in [0.2, 0.25) is 0 Å².